The molecule has 2 rings (SSSR count). The van der Waals surface area contributed by atoms with Gasteiger partial charge < -0.3 is 10.4 Å². The molecule has 1 atom stereocenters. The molecule has 2 heteroatoms. The first-order chi connectivity index (χ1) is 5.88. The van der Waals surface area contributed by atoms with Gasteiger partial charge in [-0.2, -0.15) is 0 Å². The molecule has 0 bridgehead atoms. The fraction of sp³-hybridized carbons (Fsp3) is 0.400. The van der Waals surface area contributed by atoms with E-state index < -0.39 is 0 Å². The molecular weight excluding hydrogens is 150 g/mol. The first-order valence-corrected chi connectivity index (χ1v) is 4.39. The molecule has 0 amide bonds. The molecule has 1 heterocycles. The van der Waals surface area contributed by atoms with Crippen LogP contribution in [0.2, 0.25) is 0 Å². The Labute approximate surface area is 72.2 Å². The summed E-state index contributed by atoms with van der Waals surface area (Å²) in [6.07, 6.45) is 1.62. The van der Waals surface area contributed by atoms with E-state index in [4.69, 9.17) is 0 Å². The predicted molar refractivity (Wildman–Crippen MR) is 49.1 cm³/mol. The Hall–Kier alpha value is -1.02. The fourth-order valence-corrected chi connectivity index (χ4v) is 1.62. The average molecular weight is 163 g/mol. The first-order valence-electron chi connectivity index (χ1n) is 4.39. The van der Waals surface area contributed by atoms with Crippen molar-refractivity contribution >= 4 is 5.69 Å². The van der Waals surface area contributed by atoms with Crippen LogP contribution < -0.4 is 5.32 Å². The van der Waals surface area contributed by atoms with Crippen LogP contribution in [0.15, 0.2) is 24.3 Å². The molecule has 0 aliphatic carbocycles. The number of benzene rings is 1. The minimum absolute atomic E-state index is 0.281. The Morgan fingerprint density at radius 1 is 1.33 bits per heavy atom. The number of rotatable bonds is 0. The molecule has 1 aromatic carbocycles. The van der Waals surface area contributed by atoms with Crippen LogP contribution in [-0.2, 0) is 0 Å². The highest BCUT2D eigenvalue weighted by Crippen LogP contribution is 2.28. The van der Waals surface area contributed by atoms with E-state index in [1.54, 1.807) is 0 Å². The SMILES string of the molecule is OC1CCCNc2ccccc21. The smallest absolute Gasteiger partial charge is 0.0810 e. The zero-order valence-electron chi connectivity index (χ0n) is 6.96. The van der Waals surface area contributed by atoms with E-state index in [-0.39, 0.29) is 6.10 Å². The van der Waals surface area contributed by atoms with E-state index in [0.29, 0.717) is 0 Å². The van der Waals surface area contributed by atoms with Gasteiger partial charge in [-0.05, 0) is 18.9 Å². The maximum Gasteiger partial charge on any atom is 0.0810 e. The monoisotopic (exact) mass is 163 g/mol. The molecule has 0 saturated carbocycles. The van der Waals surface area contributed by atoms with E-state index in [9.17, 15) is 5.11 Å². The zero-order valence-corrected chi connectivity index (χ0v) is 6.96. The average Bonchev–Trinajstić information content (AvgIpc) is 2.29. The van der Waals surface area contributed by atoms with Gasteiger partial charge in [-0.1, -0.05) is 18.2 Å². The second-order valence-electron chi connectivity index (χ2n) is 3.17. The van der Waals surface area contributed by atoms with Crippen molar-refractivity contribution < 1.29 is 5.11 Å². The van der Waals surface area contributed by atoms with Gasteiger partial charge in [0.1, 0.15) is 0 Å². The van der Waals surface area contributed by atoms with Gasteiger partial charge in [-0.3, -0.25) is 0 Å². The lowest BCUT2D eigenvalue weighted by Gasteiger charge is -2.10. The first kappa shape index (κ1) is 7.62. The van der Waals surface area contributed by atoms with E-state index in [0.717, 1.165) is 30.6 Å². The standard InChI is InChI=1S/C10H13NO/c12-10-6-3-7-11-9-5-2-1-4-8(9)10/h1-2,4-5,10-12H,3,6-7H2. The Kier molecular flexibility index (Phi) is 2.00. The summed E-state index contributed by atoms with van der Waals surface area (Å²) in [4.78, 5) is 0. The Bertz CT molecular complexity index is 272. The molecule has 1 unspecified atom stereocenters. The normalized spacial score (nSPS) is 22.2. The van der Waals surface area contributed by atoms with Gasteiger partial charge >= 0.3 is 0 Å². The Morgan fingerprint density at radius 2 is 2.17 bits per heavy atom. The molecule has 64 valence electrons. The number of hydrogen-bond donors (Lipinski definition) is 2. The summed E-state index contributed by atoms with van der Waals surface area (Å²) < 4.78 is 0. The molecular formula is C10H13NO. The molecule has 0 fully saturated rings. The van der Waals surface area contributed by atoms with Crippen LogP contribution in [0.4, 0.5) is 5.69 Å². The minimum atomic E-state index is -0.281. The molecule has 0 spiro atoms. The van der Waals surface area contributed by atoms with Crippen LogP contribution in [0.1, 0.15) is 24.5 Å². The van der Waals surface area contributed by atoms with Crippen molar-refractivity contribution in [3.63, 3.8) is 0 Å². The van der Waals surface area contributed by atoms with Crippen LogP contribution in [-0.4, -0.2) is 11.7 Å². The van der Waals surface area contributed by atoms with E-state index in [1.807, 2.05) is 24.3 Å². The number of aliphatic hydroxyl groups excluding tert-OH is 1. The molecule has 0 aromatic heterocycles. The number of anilines is 1. The van der Waals surface area contributed by atoms with E-state index in [1.165, 1.54) is 0 Å². The third kappa shape index (κ3) is 1.30. The summed E-state index contributed by atoms with van der Waals surface area (Å²) in [5.41, 5.74) is 2.12. The lowest BCUT2D eigenvalue weighted by molar-refractivity contribution is 0.168. The van der Waals surface area contributed by atoms with Crippen molar-refractivity contribution in [3.05, 3.63) is 29.8 Å². The van der Waals surface area contributed by atoms with Crippen LogP contribution in [0.3, 0.4) is 0 Å². The summed E-state index contributed by atoms with van der Waals surface area (Å²) in [6.45, 7) is 0.966. The Balaban J connectivity index is 2.39. The highest BCUT2D eigenvalue weighted by atomic mass is 16.3. The van der Waals surface area contributed by atoms with Crippen molar-refractivity contribution in [1.82, 2.24) is 0 Å². The van der Waals surface area contributed by atoms with Crippen molar-refractivity contribution in [2.45, 2.75) is 18.9 Å². The fourth-order valence-electron chi connectivity index (χ4n) is 1.62. The number of nitrogens with one attached hydrogen (secondary N) is 1. The van der Waals surface area contributed by atoms with Crippen LogP contribution in [0, 0.1) is 0 Å². The largest absolute Gasteiger partial charge is 0.388 e. The van der Waals surface area contributed by atoms with Gasteiger partial charge in [0.15, 0.2) is 0 Å². The number of fused-ring (bicyclic) bond motifs is 1. The van der Waals surface area contributed by atoms with Crippen molar-refractivity contribution in [1.29, 1.82) is 0 Å². The van der Waals surface area contributed by atoms with Gasteiger partial charge in [-0.15, -0.1) is 0 Å². The quantitative estimate of drug-likeness (QED) is 0.612. The highest BCUT2D eigenvalue weighted by Gasteiger charge is 2.14. The molecule has 0 saturated heterocycles. The summed E-state index contributed by atoms with van der Waals surface area (Å²) in [5.74, 6) is 0. The molecule has 1 aliphatic heterocycles. The third-order valence-corrected chi connectivity index (χ3v) is 2.29. The topological polar surface area (TPSA) is 32.3 Å². The van der Waals surface area contributed by atoms with Crippen molar-refractivity contribution in [3.8, 4) is 0 Å². The number of hydrogen-bond acceptors (Lipinski definition) is 2. The third-order valence-electron chi connectivity index (χ3n) is 2.29. The maximum atomic E-state index is 9.70. The van der Waals surface area contributed by atoms with Gasteiger partial charge in [0.25, 0.3) is 0 Å². The number of para-hydroxylation sites is 1. The second kappa shape index (κ2) is 3.15. The van der Waals surface area contributed by atoms with Crippen LogP contribution in [0.25, 0.3) is 0 Å². The molecule has 2 nitrogen and oxygen atoms in total. The van der Waals surface area contributed by atoms with E-state index in [2.05, 4.69) is 5.32 Å². The van der Waals surface area contributed by atoms with Gasteiger partial charge in [0, 0.05) is 17.8 Å². The predicted octanol–water partition coefficient (Wildman–Crippen LogP) is 1.93. The Morgan fingerprint density at radius 3 is 3.08 bits per heavy atom. The van der Waals surface area contributed by atoms with Crippen LogP contribution >= 0.6 is 0 Å². The zero-order chi connectivity index (χ0) is 8.39. The minimum Gasteiger partial charge on any atom is -0.388 e. The lowest BCUT2D eigenvalue weighted by Crippen LogP contribution is -1.99. The highest BCUT2D eigenvalue weighted by molar-refractivity contribution is 5.52. The molecule has 2 N–H and O–H groups in total. The summed E-state index contributed by atoms with van der Waals surface area (Å²) in [6, 6.07) is 7.96. The molecule has 1 aromatic rings. The van der Waals surface area contributed by atoms with Crippen LogP contribution in [0.5, 0.6) is 0 Å². The molecule has 0 radical (unpaired) electrons. The second-order valence-corrected chi connectivity index (χ2v) is 3.17. The number of aliphatic hydroxyl groups is 1. The van der Waals surface area contributed by atoms with Crippen molar-refractivity contribution in [2.24, 2.45) is 0 Å². The molecule has 12 heavy (non-hydrogen) atoms. The van der Waals surface area contributed by atoms with Crippen molar-refractivity contribution in [2.75, 3.05) is 11.9 Å². The summed E-state index contributed by atoms with van der Waals surface area (Å²) in [5, 5.41) is 13.0. The lowest BCUT2D eigenvalue weighted by atomic mass is 10.1. The summed E-state index contributed by atoms with van der Waals surface area (Å²) in [7, 11) is 0. The van der Waals surface area contributed by atoms with Gasteiger partial charge in [0.2, 0.25) is 0 Å². The van der Waals surface area contributed by atoms with Gasteiger partial charge in [0.05, 0.1) is 6.10 Å². The molecule has 1 aliphatic rings. The van der Waals surface area contributed by atoms with E-state index >= 15 is 0 Å². The summed E-state index contributed by atoms with van der Waals surface area (Å²) >= 11 is 0. The van der Waals surface area contributed by atoms with Gasteiger partial charge in [-0.25, -0.2) is 0 Å². The maximum absolute atomic E-state index is 9.70.